The summed E-state index contributed by atoms with van der Waals surface area (Å²) in [6, 6.07) is 8.08. The van der Waals surface area contributed by atoms with E-state index in [0.29, 0.717) is 23.4 Å². The molecule has 0 aliphatic rings. The lowest BCUT2D eigenvalue weighted by atomic mass is 10.2. The van der Waals surface area contributed by atoms with Crippen LogP contribution in [0.25, 0.3) is 22.6 Å². The third kappa shape index (κ3) is 2.45. The van der Waals surface area contributed by atoms with Gasteiger partial charge in [-0.1, -0.05) is 17.7 Å². The van der Waals surface area contributed by atoms with Crippen molar-refractivity contribution in [3.8, 4) is 5.69 Å². The van der Waals surface area contributed by atoms with Gasteiger partial charge in [-0.25, -0.2) is 4.79 Å². The van der Waals surface area contributed by atoms with Gasteiger partial charge in [-0.15, -0.1) is 0 Å². The lowest BCUT2D eigenvalue weighted by molar-refractivity contribution is 0.277. The number of aryl methyl sites for hydroxylation is 3. The molecule has 3 heterocycles. The Labute approximate surface area is 160 Å². The number of imidazole rings is 2. The van der Waals surface area contributed by atoms with Crippen molar-refractivity contribution in [1.82, 2.24) is 23.1 Å². The number of benzene rings is 1. The molecule has 146 valence electrons. The third-order valence-electron chi connectivity index (χ3n) is 5.35. The van der Waals surface area contributed by atoms with Crippen LogP contribution in [0.3, 0.4) is 0 Å². The molecule has 0 saturated carbocycles. The van der Waals surface area contributed by atoms with E-state index < -0.39 is 5.69 Å². The predicted octanol–water partition coefficient (Wildman–Crippen LogP) is 1.45. The van der Waals surface area contributed by atoms with Crippen LogP contribution in [-0.2, 0) is 13.6 Å². The van der Waals surface area contributed by atoms with Gasteiger partial charge in [0.15, 0.2) is 11.2 Å². The van der Waals surface area contributed by atoms with Crippen LogP contribution < -0.4 is 11.2 Å². The summed E-state index contributed by atoms with van der Waals surface area (Å²) in [4.78, 5) is 30.4. The summed E-state index contributed by atoms with van der Waals surface area (Å²) in [5.74, 6) is 0.598. The number of fused-ring (bicyclic) bond motifs is 3. The molecule has 0 bridgehead atoms. The highest BCUT2D eigenvalue weighted by Gasteiger charge is 2.23. The van der Waals surface area contributed by atoms with E-state index >= 15 is 0 Å². The monoisotopic (exact) mass is 381 g/mol. The van der Waals surface area contributed by atoms with Crippen LogP contribution in [0.2, 0.25) is 0 Å². The molecule has 4 rings (SSSR count). The molecular weight excluding hydrogens is 358 g/mol. The number of hydrogen-bond donors (Lipinski definition) is 1. The maximum Gasteiger partial charge on any atom is 0.332 e. The lowest BCUT2D eigenvalue weighted by Crippen LogP contribution is -2.39. The Bertz CT molecular complexity index is 1320. The largest absolute Gasteiger partial charge is 0.396 e. The molecule has 0 amide bonds. The van der Waals surface area contributed by atoms with Crippen molar-refractivity contribution in [2.24, 2.45) is 7.05 Å². The van der Waals surface area contributed by atoms with Crippen LogP contribution >= 0.6 is 0 Å². The Balaban J connectivity index is 2.13. The Kier molecular flexibility index (Phi) is 4.23. The van der Waals surface area contributed by atoms with E-state index in [0.717, 1.165) is 22.6 Å². The molecule has 3 aromatic heterocycles. The smallest absolute Gasteiger partial charge is 0.332 e. The van der Waals surface area contributed by atoms with E-state index in [9.17, 15) is 9.59 Å². The van der Waals surface area contributed by atoms with Gasteiger partial charge < -0.3 is 5.11 Å². The van der Waals surface area contributed by atoms with Crippen molar-refractivity contribution in [3.63, 3.8) is 0 Å². The zero-order valence-corrected chi connectivity index (χ0v) is 16.4. The minimum atomic E-state index is -0.428. The third-order valence-corrected chi connectivity index (χ3v) is 5.35. The van der Waals surface area contributed by atoms with Crippen molar-refractivity contribution in [3.05, 3.63) is 62.1 Å². The minimum Gasteiger partial charge on any atom is -0.396 e. The van der Waals surface area contributed by atoms with Gasteiger partial charge in [0.2, 0.25) is 5.78 Å². The molecule has 8 nitrogen and oxygen atoms in total. The molecule has 1 N–H and O–H groups in total. The number of nitrogens with zero attached hydrogens (tertiary/aromatic N) is 5. The summed E-state index contributed by atoms with van der Waals surface area (Å²) in [7, 11) is 1.62. The number of aliphatic hydroxyl groups is 1. The molecular formula is C20H23N5O3. The van der Waals surface area contributed by atoms with Gasteiger partial charge >= 0.3 is 5.69 Å². The van der Waals surface area contributed by atoms with Crippen LogP contribution in [0.5, 0.6) is 0 Å². The van der Waals surface area contributed by atoms with E-state index in [1.165, 1.54) is 9.13 Å². The van der Waals surface area contributed by atoms with Crippen LogP contribution in [0.1, 0.15) is 23.4 Å². The van der Waals surface area contributed by atoms with Gasteiger partial charge in [0, 0.05) is 37.3 Å². The van der Waals surface area contributed by atoms with Gasteiger partial charge in [0.25, 0.3) is 5.56 Å². The first kappa shape index (κ1) is 18.2. The first-order valence-corrected chi connectivity index (χ1v) is 9.24. The first-order valence-electron chi connectivity index (χ1n) is 9.24. The average molecular weight is 381 g/mol. The van der Waals surface area contributed by atoms with Gasteiger partial charge in [0.05, 0.1) is 0 Å². The Morgan fingerprint density at radius 2 is 1.71 bits per heavy atom. The van der Waals surface area contributed by atoms with E-state index in [-0.39, 0.29) is 18.7 Å². The zero-order chi connectivity index (χ0) is 20.2. The summed E-state index contributed by atoms with van der Waals surface area (Å²) in [5.41, 5.74) is 3.89. The molecule has 0 aliphatic carbocycles. The second-order valence-electron chi connectivity index (χ2n) is 7.14. The fourth-order valence-corrected chi connectivity index (χ4v) is 3.68. The van der Waals surface area contributed by atoms with Crippen LogP contribution in [-0.4, -0.2) is 34.8 Å². The number of aromatic nitrogens is 5. The van der Waals surface area contributed by atoms with E-state index in [4.69, 9.17) is 5.11 Å². The summed E-state index contributed by atoms with van der Waals surface area (Å²) >= 11 is 0. The summed E-state index contributed by atoms with van der Waals surface area (Å²) in [6.45, 7) is 6.04. The second kappa shape index (κ2) is 6.49. The van der Waals surface area contributed by atoms with Gasteiger partial charge in [0.1, 0.15) is 0 Å². The van der Waals surface area contributed by atoms with E-state index in [1.807, 2.05) is 54.0 Å². The standard InChI is InChI=1S/C20H23N5O3/c1-12-6-8-15(9-7-12)24-13(2)14(3)25-16-17(21-19(24)25)22(4)20(28)23(18(16)27)10-5-11-26/h6-9,26H,5,10-11H2,1-4H3. The van der Waals surface area contributed by atoms with Crippen molar-refractivity contribution in [1.29, 1.82) is 0 Å². The Hall–Kier alpha value is -3.13. The zero-order valence-electron chi connectivity index (χ0n) is 16.4. The number of rotatable bonds is 4. The molecule has 0 atom stereocenters. The maximum absolute atomic E-state index is 13.1. The number of aliphatic hydroxyl groups excluding tert-OH is 1. The Morgan fingerprint density at radius 3 is 2.36 bits per heavy atom. The van der Waals surface area contributed by atoms with E-state index in [2.05, 4.69) is 4.98 Å². The first-order chi connectivity index (χ1) is 13.4. The molecule has 0 fully saturated rings. The predicted molar refractivity (Wildman–Crippen MR) is 107 cm³/mol. The Morgan fingerprint density at radius 1 is 1.04 bits per heavy atom. The van der Waals surface area contributed by atoms with Crippen LogP contribution in [0.15, 0.2) is 33.9 Å². The molecule has 0 saturated heterocycles. The van der Waals surface area contributed by atoms with Gasteiger partial charge in [-0.2, -0.15) is 4.98 Å². The van der Waals surface area contributed by atoms with Crippen LogP contribution in [0, 0.1) is 20.8 Å². The summed E-state index contributed by atoms with van der Waals surface area (Å²) in [5, 5.41) is 9.11. The molecule has 1 aromatic carbocycles. The van der Waals surface area contributed by atoms with Crippen molar-refractivity contribution in [2.75, 3.05) is 6.61 Å². The minimum absolute atomic E-state index is 0.0859. The molecule has 0 aliphatic heterocycles. The second-order valence-corrected chi connectivity index (χ2v) is 7.14. The SMILES string of the molecule is Cc1ccc(-n2c(C)c(C)n3c4c(=O)n(CCCO)c(=O)n(C)c4nc23)cc1. The highest BCUT2D eigenvalue weighted by molar-refractivity contribution is 5.77. The molecule has 0 unspecified atom stereocenters. The fraction of sp³-hybridized carbons (Fsp3) is 0.350. The van der Waals surface area contributed by atoms with Crippen molar-refractivity contribution in [2.45, 2.75) is 33.7 Å². The number of hydrogen-bond acceptors (Lipinski definition) is 4. The average Bonchev–Trinajstić information content (AvgIpc) is 3.17. The quantitative estimate of drug-likeness (QED) is 0.580. The topological polar surface area (TPSA) is 86.5 Å². The maximum atomic E-state index is 13.1. The molecule has 4 aromatic rings. The van der Waals surface area contributed by atoms with E-state index in [1.54, 1.807) is 7.05 Å². The molecule has 8 heteroatoms. The normalized spacial score (nSPS) is 11.8. The molecule has 0 radical (unpaired) electrons. The summed E-state index contributed by atoms with van der Waals surface area (Å²) < 4.78 is 6.39. The highest BCUT2D eigenvalue weighted by Crippen LogP contribution is 2.24. The summed E-state index contributed by atoms with van der Waals surface area (Å²) in [6.07, 6.45) is 0.338. The lowest BCUT2D eigenvalue weighted by Gasteiger charge is -2.08. The molecule has 28 heavy (non-hydrogen) atoms. The van der Waals surface area contributed by atoms with Gasteiger partial charge in [-0.3, -0.25) is 22.9 Å². The fourth-order valence-electron chi connectivity index (χ4n) is 3.68. The molecule has 0 spiro atoms. The van der Waals surface area contributed by atoms with Crippen LogP contribution in [0.4, 0.5) is 0 Å². The van der Waals surface area contributed by atoms with Crippen molar-refractivity contribution < 1.29 is 5.11 Å². The van der Waals surface area contributed by atoms with Crippen molar-refractivity contribution >= 4 is 16.9 Å². The highest BCUT2D eigenvalue weighted by atomic mass is 16.3. The van der Waals surface area contributed by atoms with Gasteiger partial charge in [-0.05, 0) is 39.3 Å².